The zero-order chi connectivity index (χ0) is 14.8. The van der Waals surface area contributed by atoms with Crippen LogP contribution in [0.15, 0.2) is 30.3 Å². The molecule has 1 saturated heterocycles. The third-order valence-electron chi connectivity index (χ3n) is 3.67. The van der Waals surface area contributed by atoms with E-state index < -0.39 is 18.3 Å². The first kappa shape index (κ1) is 14.5. The number of carbonyl (C=O) groups is 2. The maximum Gasteiger partial charge on any atom is 0.250 e. The van der Waals surface area contributed by atoms with Crippen LogP contribution in [0.25, 0.3) is 0 Å². The molecule has 1 unspecified atom stereocenters. The van der Waals surface area contributed by atoms with Crippen LogP contribution in [0, 0.1) is 0 Å². The van der Waals surface area contributed by atoms with Crippen LogP contribution in [0.4, 0.5) is 4.39 Å². The summed E-state index contributed by atoms with van der Waals surface area (Å²) in [6, 6.07) is 8.41. The van der Waals surface area contributed by atoms with Gasteiger partial charge in [0.05, 0.1) is 6.67 Å². The van der Waals surface area contributed by atoms with Crippen LogP contribution >= 0.6 is 0 Å². The van der Waals surface area contributed by atoms with Crippen molar-refractivity contribution >= 4 is 11.8 Å². The predicted molar refractivity (Wildman–Crippen MR) is 73.7 cm³/mol. The Morgan fingerprint density at radius 1 is 1.25 bits per heavy atom. The zero-order valence-corrected chi connectivity index (χ0v) is 11.7. The summed E-state index contributed by atoms with van der Waals surface area (Å²) < 4.78 is 12.4. The molecule has 1 N–H and O–H groups in total. The summed E-state index contributed by atoms with van der Waals surface area (Å²) in [6.45, 7) is 3.11. The molecular weight excluding hydrogens is 259 g/mol. The van der Waals surface area contributed by atoms with Crippen molar-refractivity contribution in [2.24, 2.45) is 0 Å². The zero-order valence-electron chi connectivity index (χ0n) is 11.7. The lowest BCUT2D eigenvalue weighted by molar-refractivity contribution is -0.155. The van der Waals surface area contributed by atoms with E-state index in [1.54, 1.807) is 26.0 Å². The van der Waals surface area contributed by atoms with E-state index in [1.807, 2.05) is 18.2 Å². The molecule has 108 valence electrons. The standard InChI is InChI=1S/C15H19FN2O2/c1-15(2)14(20)17-12(11-7-4-3-5-8-11)13(19)18(15)10-6-9-16/h3-5,7-8,12H,6,9-10H2,1-2H3,(H,17,20). The minimum absolute atomic E-state index is 0.186. The maximum absolute atomic E-state index is 12.6. The van der Waals surface area contributed by atoms with Crippen molar-refractivity contribution in [3.05, 3.63) is 35.9 Å². The molecule has 0 spiro atoms. The average molecular weight is 278 g/mol. The van der Waals surface area contributed by atoms with Gasteiger partial charge in [0.1, 0.15) is 11.6 Å². The Labute approximate surface area is 118 Å². The molecule has 20 heavy (non-hydrogen) atoms. The highest BCUT2D eigenvalue weighted by molar-refractivity contribution is 5.99. The number of benzene rings is 1. The first-order valence-corrected chi connectivity index (χ1v) is 6.72. The van der Waals surface area contributed by atoms with Crippen LogP contribution in [0.5, 0.6) is 0 Å². The van der Waals surface area contributed by atoms with Gasteiger partial charge in [-0.15, -0.1) is 0 Å². The Balaban J connectivity index is 2.30. The molecule has 0 saturated carbocycles. The summed E-state index contributed by atoms with van der Waals surface area (Å²) in [4.78, 5) is 26.3. The number of nitrogens with one attached hydrogen (secondary N) is 1. The number of hydrogen-bond acceptors (Lipinski definition) is 2. The van der Waals surface area contributed by atoms with Gasteiger partial charge in [0.25, 0.3) is 5.91 Å². The first-order chi connectivity index (χ1) is 9.48. The van der Waals surface area contributed by atoms with Crippen LogP contribution in [0.3, 0.4) is 0 Å². The van der Waals surface area contributed by atoms with E-state index in [9.17, 15) is 14.0 Å². The van der Waals surface area contributed by atoms with E-state index in [0.717, 1.165) is 5.56 Å². The molecule has 0 aliphatic carbocycles. The second kappa shape index (κ2) is 5.61. The van der Waals surface area contributed by atoms with E-state index in [-0.39, 0.29) is 24.8 Å². The van der Waals surface area contributed by atoms with Gasteiger partial charge in [0.2, 0.25) is 5.91 Å². The molecule has 4 nitrogen and oxygen atoms in total. The second-order valence-electron chi connectivity index (χ2n) is 5.41. The maximum atomic E-state index is 12.6. The summed E-state index contributed by atoms with van der Waals surface area (Å²) >= 11 is 0. The van der Waals surface area contributed by atoms with Gasteiger partial charge in [-0.3, -0.25) is 14.0 Å². The van der Waals surface area contributed by atoms with Gasteiger partial charge in [-0.25, -0.2) is 0 Å². The molecule has 0 aromatic heterocycles. The lowest BCUT2D eigenvalue weighted by atomic mass is 9.92. The Kier molecular flexibility index (Phi) is 4.06. The number of amides is 2. The van der Waals surface area contributed by atoms with Gasteiger partial charge in [0.15, 0.2) is 0 Å². The van der Waals surface area contributed by atoms with Crippen LogP contribution in [-0.2, 0) is 9.59 Å². The largest absolute Gasteiger partial charge is 0.338 e. The Hall–Kier alpha value is -1.91. The van der Waals surface area contributed by atoms with Crippen molar-refractivity contribution in [3.63, 3.8) is 0 Å². The minimum atomic E-state index is -0.947. The molecule has 2 amide bonds. The number of carbonyl (C=O) groups excluding carboxylic acids is 2. The van der Waals surface area contributed by atoms with E-state index in [2.05, 4.69) is 5.32 Å². The number of piperazine rings is 1. The minimum Gasteiger partial charge on any atom is -0.338 e. The molecule has 1 aliphatic rings. The molecule has 2 rings (SSSR count). The van der Waals surface area contributed by atoms with Crippen molar-refractivity contribution in [2.75, 3.05) is 13.2 Å². The lowest BCUT2D eigenvalue weighted by Crippen LogP contribution is -2.65. The second-order valence-corrected chi connectivity index (χ2v) is 5.41. The third kappa shape index (κ3) is 2.53. The van der Waals surface area contributed by atoms with Crippen LogP contribution in [0.1, 0.15) is 31.9 Å². The fraction of sp³-hybridized carbons (Fsp3) is 0.467. The van der Waals surface area contributed by atoms with Crippen LogP contribution in [0.2, 0.25) is 0 Å². The predicted octanol–water partition coefficient (Wildman–Crippen LogP) is 1.82. The van der Waals surface area contributed by atoms with Gasteiger partial charge in [-0.1, -0.05) is 30.3 Å². The molecule has 0 bridgehead atoms. The van der Waals surface area contributed by atoms with Crippen LogP contribution < -0.4 is 5.32 Å². The molecule has 5 heteroatoms. The number of nitrogens with zero attached hydrogens (tertiary/aromatic N) is 1. The molecule has 1 aromatic rings. The number of halogens is 1. The highest BCUT2D eigenvalue weighted by atomic mass is 19.1. The van der Waals surface area contributed by atoms with E-state index in [0.29, 0.717) is 0 Å². The fourth-order valence-corrected chi connectivity index (χ4v) is 2.40. The van der Waals surface area contributed by atoms with Gasteiger partial charge in [-0.2, -0.15) is 0 Å². The third-order valence-corrected chi connectivity index (χ3v) is 3.67. The Bertz CT molecular complexity index is 502. The molecular formula is C15H19FN2O2. The molecule has 1 atom stereocenters. The first-order valence-electron chi connectivity index (χ1n) is 6.72. The van der Waals surface area contributed by atoms with Crippen molar-refractivity contribution in [2.45, 2.75) is 31.8 Å². The monoisotopic (exact) mass is 278 g/mol. The van der Waals surface area contributed by atoms with Gasteiger partial charge < -0.3 is 10.2 Å². The highest BCUT2D eigenvalue weighted by Crippen LogP contribution is 2.28. The van der Waals surface area contributed by atoms with E-state index in [1.165, 1.54) is 4.90 Å². The number of alkyl halides is 1. The lowest BCUT2D eigenvalue weighted by Gasteiger charge is -2.44. The summed E-state index contributed by atoms with van der Waals surface area (Å²) in [5.41, 5.74) is -0.205. The van der Waals surface area contributed by atoms with Crippen molar-refractivity contribution in [1.82, 2.24) is 10.2 Å². The number of rotatable bonds is 4. The average Bonchev–Trinajstić information content (AvgIpc) is 2.44. The Morgan fingerprint density at radius 3 is 2.50 bits per heavy atom. The Morgan fingerprint density at radius 2 is 1.90 bits per heavy atom. The molecule has 1 heterocycles. The molecule has 1 aromatic carbocycles. The summed E-state index contributed by atoms with van der Waals surface area (Å²) in [6.07, 6.45) is 0.240. The highest BCUT2D eigenvalue weighted by Gasteiger charge is 2.46. The van der Waals surface area contributed by atoms with Gasteiger partial charge in [0, 0.05) is 6.54 Å². The topological polar surface area (TPSA) is 49.4 Å². The smallest absolute Gasteiger partial charge is 0.250 e. The molecule has 1 aliphatic heterocycles. The van der Waals surface area contributed by atoms with Crippen molar-refractivity contribution in [3.8, 4) is 0 Å². The van der Waals surface area contributed by atoms with E-state index in [4.69, 9.17) is 0 Å². The molecule has 1 fully saturated rings. The summed E-state index contributed by atoms with van der Waals surface area (Å²) in [5.74, 6) is -0.404. The summed E-state index contributed by atoms with van der Waals surface area (Å²) in [7, 11) is 0. The normalized spacial score (nSPS) is 21.8. The molecule has 0 radical (unpaired) electrons. The summed E-state index contributed by atoms with van der Waals surface area (Å²) in [5, 5.41) is 2.76. The van der Waals surface area contributed by atoms with Gasteiger partial charge in [-0.05, 0) is 25.8 Å². The van der Waals surface area contributed by atoms with Gasteiger partial charge >= 0.3 is 0 Å². The van der Waals surface area contributed by atoms with Crippen LogP contribution in [-0.4, -0.2) is 35.5 Å². The fourth-order valence-electron chi connectivity index (χ4n) is 2.40. The van der Waals surface area contributed by atoms with E-state index >= 15 is 0 Å². The van der Waals surface area contributed by atoms with Crippen molar-refractivity contribution in [1.29, 1.82) is 0 Å². The van der Waals surface area contributed by atoms with Crippen molar-refractivity contribution < 1.29 is 14.0 Å². The number of hydrogen-bond donors (Lipinski definition) is 1. The SMILES string of the molecule is CC1(C)C(=O)NC(c2ccccc2)C(=O)N1CCCF. The quantitative estimate of drug-likeness (QED) is 0.913.